The van der Waals surface area contributed by atoms with Crippen LogP contribution in [0.2, 0.25) is 0 Å². The van der Waals surface area contributed by atoms with Crippen LogP contribution in [0.25, 0.3) is 10.6 Å². The Bertz CT molecular complexity index is 615. The second-order valence-corrected chi connectivity index (χ2v) is 6.11. The lowest BCUT2D eigenvalue weighted by Gasteiger charge is -2.09. The molecule has 3 rings (SSSR count). The van der Waals surface area contributed by atoms with Crippen molar-refractivity contribution in [2.45, 2.75) is 25.9 Å². The van der Waals surface area contributed by atoms with Gasteiger partial charge in [0.2, 0.25) is 0 Å². The van der Waals surface area contributed by atoms with Crippen molar-refractivity contribution in [2.24, 2.45) is 0 Å². The summed E-state index contributed by atoms with van der Waals surface area (Å²) < 4.78 is 5.49. The molecule has 1 atom stereocenters. The number of carbonyl (C=O) groups is 1. The van der Waals surface area contributed by atoms with Crippen molar-refractivity contribution in [3.63, 3.8) is 0 Å². The van der Waals surface area contributed by atoms with Gasteiger partial charge in [-0.2, -0.15) is 0 Å². The first kappa shape index (κ1) is 14.2. The summed E-state index contributed by atoms with van der Waals surface area (Å²) in [6.07, 6.45) is 2.25. The monoisotopic (exact) mass is 302 g/mol. The van der Waals surface area contributed by atoms with E-state index in [0.717, 1.165) is 30.0 Å². The Morgan fingerprint density at radius 1 is 1.43 bits per heavy atom. The Balaban J connectivity index is 1.63. The fourth-order valence-electron chi connectivity index (χ4n) is 2.31. The van der Waals surface area contributed by atoms with Crippen LogP contribution in [-0.4, -0.2) is 30.1 Å². The Morgan fingerprint density at radius 3 is 2.95 bits per heavy atom. The summed E-state index contributed by atoms with van der Waals surface area (Å²) in [6.45, 7) is 3.42. The summed E-state index contributed by atoms with van der Waals surface area (Å²) in [5.41, 5.74) is 2.74. The number of rotatable bonds is 4. The van der Waals surface area contributed by atoms with Crippen LogP contribution in [0, 0.1) is 6.92 Å². The summed E-state index contributed by atoms with van der Waals surface area (Å²) in [6, 6.07) is 8.16. The van der Waals surface area contributed by atoms with E-state index in [0.29, 0.717) is 12.2 Å². The number of hydrogen-bond acceptors (Lipinski definition) is 4. The number of thiazole rings is 1. The van der Waals surface area contributed by atoms with E-state index in [2.05, 4.69) is 17.2 Å². The van der Waals surface area contributed by atoms with Gasteiger partial charge in [-0.05, 0) is 19.8 Å². The van der Waals surface area contributed by atoms with Crippen LogP contribution in [0.5, 0.6) is 0 Å². The van der Waals surface area contributed by atoms with Gasteiger partial charge in [-0.1, -0.05) is 29.8 Å². The second kappa shape index (κ2) is 6.37. The highest BCUT2D eigenvalue weighted by atomic mass is 32.1. The summed E-state index contributed by atoms with van der Waals surface area (Å²) in [5.74, 6) is -0.125. The number of hydrogen-bond donors (Lipinski definition) is 1. The van der Waals surface area contributed by atoms with Crippen molar-refractivity contribution in [3.8, 4) is 10.6 Å². The number of benzene rings is 1. The molecular weight excluding hydrogens is 284 g/mol. The molecule has 1 amide bonds. The molecule has 1 saturated heterocycles. The zero-order chi connectivity index (χ0) is 14.7. The molecule has 1 N–H and O–H groups in total. The Labute approximate surface area is 128 Å². The third-order valence-corrected chi connectivity index (χ3v) is 4.44. The smallest absolute Gasteiger partial charge is 0.270 e. The average Bonchev–Trinajstić information content (AvgIpc) is 3.17. The molecule has 0 spiro atoms. The predicted molar refractivity (Wildman–Crippen MR) is 83.6 cm³/mol. The molecule has 1 aliphatic heterocycles. The van der Waals surface area contributed by atoms with E-state index in [1.807, 2.05) is 24.3 Å². The largest absolute Gasteiger partial charge is 0.376 e. The molecule has 0 aliphatic carbocycles. The average molecular weight is 302 g/mol. The molecule has 1 aromatic carbocycles. The number of nitrogens with zero attached hydrogens (tertiary/aromatic N) is 1. The summed E-state index contributed by atoms with van der Waals surface area (Å²) in [7, 11) is 0. The van der Waals surface area contributed by atoms with Gasteiger partial charge in [0.15, 0.2) is 0 Å². The first-order valence-electron chi connectivity index (χ1n) is 7.15. The molecule has 0 unspecified atom stereocenters. The van der Waals surface area contributed by atoms with E-state index in [4.69, 9.17) is 4.74 Å². The standard InChI is InChI=1S/C16H18N2O2S/c1-11-4-6-12(7-5-11)16-18-14(10-21-16)15(19)17-9-13-3-2-8-20-13/h4-7,10,13H,2-3,8-9H2,1H3,(H,17,19)/t13-/m1/s1. The van der Waals surface area contributed by atoms with Crippen LogP contribution in [-0.2, 0) is 4.74 Å². The Kier molecular flexibility index (Phi) is 4.31. The van der Waals surface area contributed by atoms with E-state index in [9.17, 15) is 4.79 Å². The topological polar surface area (TPSA) is 51.2 Å². The van der Waals surface area contributed by atoms with Gasteiger partial charge in [-0.15, -0.1) is 11.3 Å². The zero-order valence-electron chi connectivity index (χ0n) is 12.0. The van der Waals surface area contributed by atoms with E-state index in [1.54, 1.807) is 5.38 Å². The number of amides is 1. The van der Waals surface area contributed by atoms with Crippen LogP contribution < -0.4 is 5.32 Å². The second-order valence-electron chi connectivity index (χ2n) is 5.25. The summed E-state index contributed by atoms with van der Waals surface area (Å²) in [5, 5.41) is 5.57. The maximum absolute atomic E-state index is 12.1. The molecule has 1 aromatic heterocycles. The van der Waals surface area contributed by atoms with Crippen molar-refractivity contribution in [2.75, 3.05) is 13.2 Å². The van der Waals surface area contributed by atoms with Crippen molar-refractivity contribution < 1.29 is 9.53 Å². The highest BCUT2D eigenvalue weighted by Gasteiger charge is 2.18. The first-order valence-corrected chi connectivity index (χ1v) is 8.03. The summed E-state index contributed by atoms with van der Waals surface area (Å²) >= 11 is 1.49. The van der Waals surface area contributed by atoms with Gasteiger partial charge in [-0.3, -0.25) is 4.79 Å². The van der Waals surface area contributed by atoms with E-state index in [1.165, 1.54) is 16.9 Å². The van der Waals surface area contributed by atoms with E-state index >= 15 is 0 Å². The predicted octanol–water partition coefficient (Wildman–Crippen LogP) is 3.03. The van der Waals surface area contributed by atoms with E-state index < -0.39 is 0 Å². The number of aromatic nitrogens is 1. The van der Waals surface area contributed by atoms with Gasteiger partial charge in [-0.25, -0.2) is 4.98 Å². The molecular formula is C16H18N2O2S. The molecule has 4 nitrogen and oxygen atoms in total. The highest BCUT2D eigenvalue weighted by Crippen LogP contribution is 2.24. The molecule has 110 valence electrons. The maximum atomic E-state index is 12.1. The van der Waals surface area contributed by atoms with Crippen molar-refractivity contribution in [1.29, 1.82) is 0 Å². The first-order chi connectivity index (χ1) is 10.2. The van der Waals surface area contributed by atoms with Crippen molar-refractivity contribution in [3.05, 3.63) is 40.9 Å². The van der Waals surface area contributed by atoms with E-state index in [-0.39, 0.29) is 12.0 Å². The van der Waals surface area contributed by atoms with Gasteiger partial charge in [0.25, 0.3) is 5.91 Å². The minimum absolute atomic E-state index is 0.125. The molecule has 0 radical (unpaired) electrons. The molecule has 2 aromatic rings. The van der Waals surface area contributed by atoms with Gasteiger partial charge < -0.3 is 10.1 Å². The molecule has 1 fully saturated rings. The fourth-order valence-corrected chi connectivity index (χ4v) is 3.12. The van der Waals surface area contributed by atoms with Crippen molar-refractivity contribution >= 4 is 17.2 Å². The Morgan fingerprint density at radius 2 is 2.24 bits per heavy atom. The minimum Gasteiger partial charge on any atom is -0.376 e. The fraction of sp³-hybridized carbons (Fsp3) is 0.375. The third kappa shape index (κ3) is 3.49. The van der Waals surface area contributed by atoms with Gasteiger partial charge in [0.1, 0.15) is 10.7 Å². The van der Waals surface area contributed by atoms with Crippen LogP contribution in [0.15, 0.2) is 29.6 Å². The molecule has 21 heavy (non-hydrogen) atoms. The number of aryl methyl sites for hydroxylation is 1. The Hall–Kier alpha value is -1.72. The highest BCUT2D eigenvalue weighted by molar-refractivity contribution is 7.13. The minimum atomic E-state index is -0.125. The zero-order valence-corrected chi connectivity index (χ0v) is 12.8. The number of nitrogens with one attached hydrogen (secondary N) is 1. The molecule has 2 heterocycles. The lowest BCUT2D eigenvalue weighted by Crippen LogP contribution is -2.31. The van der Waals surface area contributed by atoms with Crippen LogP contribution >= 0.6 is 11.3 Å². The summed E-state index contributed by atoms with van der Waals surface area (Å²) in [4.78, 5) is 16.5. The number of ether oxygens (including phenoxy) is 1. The van der Waals surface area contributed by atoms with Gasteiger partial charge in [0.05, 0.1) is 6.10 Å². The molecule has 0 bridgehead atoms. The van der Waals surface area contributed by atoms with Crippen LogP contribution in [0.1, 0.15) is 28.9 Å². The quantitative estimate of drug-likeness (QED) is 0.944. The van der Waals surface area contributed by atoms with Crippen LogP contribution in [0.3, 0.4) is 0 Å². The SMILES string of the molecule is Cc1ccc(-c2nc(C(=O)NC[C@H]3CCCO3)cs2)cc1. The molecule has 0 saturated carbocycles. The van der Waals surface area contributed by atoms with Gasteiger partial charge in [0, 0.05) is 24.1 Å². The third-order valence-electron chi connectivity index (χ3n) is 3.55. The molecule has 5 heteroatoms. The lowest BCUT2D eigenvalue weighted by molar-refractivity contribution is 0.0854. The van der Waals surface area contributed by atoms with Crippen molar-refractivity contribution in [1.82, 2.24) is 10.3 Å². The maximum Gasteiger partial charge on any atom is 0.270 e. The van der Waals surface area contributed by atoms with Gasteiger partial charge >= 0.3 is 0 Å². The molecule has 1 aliphatic rings. The normalized spacial score (nSPS) is 17.9. The van der Waals surface area contributed by atoms with Crippen LogP contribution in [0.4, 0.5) is 0 Å². The lowest BCUT2D eigenvalue weighted by atomic mass is 10.2. The number of carbonyl (C=O) groups excluding carboxylic acids is 1.